The summed E-state index contributed by atoms with van der Waals surface area (Å²) < 4.78 is 0. The molecule has 0 spiro atoms. The minimum atomic E-state index is -1.23. The van der Waals surface area contributed by atoms with Gasteiger partial charge in [-0.1, -0.05) is 0 Å². The molecule has 2 amide bonds. The summed E-state index contributed by atoms with van der Waals surface area (Å²) in [6.07, 6.45) is -0.372. The van der Waals surface area contributed by atoms with Crippen molar-refractivity contribution in [2.24, 2.45) is 23.1 Å². The summed E-state index contributed by atoms with van der Waals surface area (Å²) in [5.74, 6) is -3.81. The highest BCUT2D eigenvalue weighted by Gasteiger charge is 2.27. The molecule has 0 fully saturated rings. The maximum absolute atomic E-state index is 10.8. The van der Waals surface area contributed by atoms with E-state index in [4.69, 9.17) is 22.3 Å². The molecule has 0 aliphatic carbocycles. The highest BCUT2D eigenvalue weighted by Crippen LogP contribution is 2.09. The van der Waals surface area contributed by atoms with Crippen LogP contribution in [0, 0.1) is 5.92 Å². The number of rotatable bonds is 6. The van der Waals surface area contributed by atoms with Gasteiger partial charge in [0.1, 0.15) is 0 Å². The van der Waals surface area contributed by atoms with Gasteiger partial charge < -0.3 is 22.3 Å². The van der Waals surface area contributed by atoms with Gasteiger partial charge in [0.05, 0.1) is 12.0 Å². The first-order chi connectivity index (χ1) is 6.36. The smallest absolute Gasteiger partial charge is 0.303 e. The van der Waals surface area contributed by atoms with Crippen LogP contribution in [0.4, 0.5) is 0 Å². The molecule has 0 aliphatic heterocycles. The number of carbonyl (C=O) groups is 3. The molecule has 0 radical (unpaired) electrons. The zero-order valence-corrected chi connectivity index (χ0v) is 7.47. The van der Waals surface area contributed by atoms with Crippen molar-refractivity contribution < 1.29 is 19.5 Å². The predicted molar refractivity (Wildman–Crippen MR) is 46.7 cm³/mol. The fraction of sp³-hybridized carbons (Fsp3) is 0.571. The van der Waals surface area contributed by atoms with Crippen LogP contribution in [0.15, 0.2) is 0 Å². The van der Waals surface area contributed by atoms with Crippen LogP contribution in [0.5, 0.6) is 0 Å². The minimum Gasteiger partial charge on any atom is -0.481 e. The Balaban J connectivity index is 4.37. The number of carboxylic acid groups (broad SMARTS) is 1. The highest BCUT2D eigenvalue weighted by atomic mass is 16.4. The van der Waals surface area contributed by atoms with Gasteiger partial charge in [0, 0.05) is 6.42 Å². The van der Waals surface area contributed by atoms with Crippen LogP contribution < -0.4 is 17.2 Å². The lowest BCUT2D eigenvalue weighted by atomic mass is 9.94. The molecule has 7 N–H and O–H groups in total. The van der Waals surface area contributed by atoms with Gasteiger partial charge in [-0.2, -0.15) is 0 Å². The van der Waals surface area contributed by atoms with Gasteiger partial charge in [-0.05, 0) is 6.42 Å². The van der Waals surface area contributed by atoms with E-state index in [0.29, 0.717) is 0 Å². The van der Waals surface area contributed by atoms with E-state index >= 15 is 0 Å². The number of amides is 2. The number of nitrogens with two attached hydrogens (primary N) is 3. The van der Waals surface area contributed by atoms with E-state index in [0.717, 1.165) is 0 Å². The molecular weight excluding hydrogens is 190 g/mol. The summed E-state index contributed by atoms with van der Waals surface area (Å²) in [5.41, 5.74) is 15.1. The first-order valence-corrected chi connectivity index (χ1v) is 3.92. The Bertz CT molecular complexity index is 253. The van der Waals surface area contributed by atoms with E-state index in [2.05, 4.69) is 0 Å². The van der Waals surface area contributed by atoms with E-state index in [1.807, 2.05) is 0 Å². The number of aliphatic carboxylic acids is 1. The van der Waals surface area contributed by atoms with Gasteiger partial charge in [-0.25, -0.2) is 0 Å². The first kappa shape index (κ1) is 12.4. The van der Waals surface area contributed by atoms with Crippen LogP contribution in [-0.4, -0.2) is 28.9 Å². The Kier molecular flexibility index (Phi) is 4.57. The Morgan fingerprint density at radius 2 is 1.64 bits per heavy atom. The largest absolute Gasteiger partial charge is 0.481 e. The van der Waals surface area contributed by atoms with Gasteiger partial charge in [-0.15, -0.1) is 0 Å². The monoisotopic (exact) mass is 203 g/mol. The Labute approximate surface area is 80.2 Å². The quantitative estimate of drug-likeness (QED) is 0.385. The minimum absolute atomic E-state index is 0.0885. The molecule has 2 unspecified atom stereocenters. The fourth-order valence-electron chi connectivity index (χ4n) is 0.976. The number of hydrogen-bond acceptors (Lipinski definition) is 4. The molecule has 0 saturated heterocycles. The third kappa shape index (κ3) is 3.85. The summed E-state index contributed by atoms with van der Waals surface area (Å²) >= 11 is 0. The van der Waals surface area contributed by atoms with Gasteiger partial charge in [-0.3, -0.25) is 14.4 Å². The predicted octanol–water partition coefficient (Wildman–Crippen LogP) is -2.23. The molecule has 0 saturated carbocycles. The zero-order chi connectivity index (χ0) is 11.3. The molecule has 7 heteroatoms. The van der Waals surface area contributed by atoms with Crippen molar-refractivity contribution >= 4 is 17.8 Å². The average molecular weight is 203 g/mol. The second-order valence-corrected chi connectivity index (χ2v) is 2.87. The normalized spacial score (nSPS) is 14.4. The maximum atomic E-state index is 10.8. The van der Waals surface area contributed by atoms with Crippen molar-refractivity contribution in [3.8, 4) is 0 Å². The standard InChI is InChI=1S/C7H13N3O4/c8-5(7(10)14)3(6(9)13)1-2-4(11)12/h3,5H,1-2,8H2,(H2,9,13)(H2,10,14)(H,11,12). The van der Waals surface area contributed by atoms with Crippen LogP contribution in [0.2, 0.25) is 0 Å². The molecule has 2 atom stereocenters. The van der Waals surface area contributed by atoms with Crippen LogP contribution in [0.25, 0.3) is 0 Å². The third-order valence-electron chi connectivity index (χ3n) is 1.80. The molecule has 0 aromatic rings. The number of primary amides is 2. The van der Waals surface area contributed by atoms with Crippen LogP contribution in [0.3, 0.4) is 0 Å². The second-order valence-electron chi connectivity index (χ2n) is 2.87. The van der Waals surface area contributed by atoms with Crippen molar-refractivity contribution in [1.29, 1.82) is 0 Å². The van der Waals surface area contributed by atoms with Crippen molar-refractivity contribution in [3.63, 3.8) is 0 Å². The van der Waals surface area contributed by atoms with Gasteiger partial charge >= 0.3 is 5.97 Å². The lowest BCUT2D eigenvalue weighted by molar-refractivity contribution is -0.138. The summed E-state index contributed by atoms with van der Waals surface area (Å²) in [6.45, 7) is 0. The fourth-order valence-corrected chi connectivity index (χ4v) is 0.976. The van der Waals surface area contributed by atoms with Crippen LogP contribution in [-0.2, 0) is 14.4 Å². The average Bonchev–Trinajstić information content (AvgIpc) is 2.02. The molecular formula is C7H13N3O4. The van der Waals surface area contributed by atoms with E-state index in [1.165, 1.54) is 0 Å². The molecule has 80 valence electrons. The lowest BCUT2D eigenvalue weighted by Gasteiger charge is -2.16. The number of hydrogen-bond donors (Lipinski definition) is 4. The maximum Gasteiger partial charge on any atom is 0.303 e. The van der Waals surface area contributed by atoms with Crippen LogP contribution in [0.1, 0.15) is 12.8 Å². The van der Waals surface area contributed by atoms with Gasteiger partial charge in [0.25, 0.3) is 0 Å². The van der Waals surface area contributed by atoms with Gasteiger partial charge in [0.15, 0.2) is 0 Å². The van der Waals surface area contributed by atoms with E-state index in [9.17, 15) is 14.4 Å². The highest BCUT2D eigenvalue weighted by molar-refractivity contribution is 5.88. The van der Waals surface area contributed by atoms with Crippen molar-refractivity contribution in [2.75, 3.05) is 0 Å². The summed E-state index contributed by atoms with van der Waals surface area (Å²) in [5, 5.41) is 8.36. The molecule has 0 aromatic heterocycles. The van der Waals surface area contributed by atoms with Crippen molar-refractivity contribution in [2.45, 2.75) is 18.9 Å². The topological polar surface area (TPSA) is 150 Å². The Morgan fingerprint density at radius 1 is 1.14 bits per heavy atom. The Morgan fingerprint density at radius 3 is 1.93 bits per heavy atom. The molecule has 7 nitrogen and oxygen atoms in total. The third-order valence-corrected chi connectivity index (χ3v) is 1.80. The van der Waals surface area contributed by atoms with E-state index in [-0.39, 0.29) is 12.8 Å². The van der Waals surface area contributed by atoms with Crippen molar-refractivity contribution in [3.05, 3.63) is 0 Å². The molecule has 0 aliphatic rings. The zero-order valence-electron chi connectivity index (χ0n) is 7.47. The first-order valence-electron chi connectivity index (χ1n) is 3.92. The summed E-state index contributed by atoms with van der Waals surface area (Å²) in [7, 11) is 0. The molecule has 14 heavy (non-hydrogen) atoms. The van der Waals surface area contributed by atoms with Gasteiger partial charge in [0.2, 0.25) is 11.8 Å². The van der Waals surface area contributed by atoms with Crippen molar-refractivity contribution in [1.82, 2.24) is 0 Å². The molecule has 0 aromatic carbocycles. The number of carbonyl (C=O) groups excluding carboxylic acids is 2. The van der Waals surface area contributed by atoms with Crippen LogP contribution >= 0.6 is 0 Å². The van der Waals surface area contributed by atoms with E-state index in [1.54, 1.807) is 0 Å². The molecule has 0 bridgehead atoms. The molecule has 0 heterocycles. The Hall–Kier alpha value is -1.63. The SMILES string of the molecule is NC(=O)C(N)C(CCC(=O)O)C(N)=O. The summed E-state index contributed by atoms with van der Waals surface area (Å²) in [6, 6.07) is -1.23. The second kappa shape index (κ2) is 5.18. The van der Waals surface area contributed by atoms with E-state index < -0.39 is 29.7 Å². The lowest BCUT2D eigenvalue weighted by Crippen LogP contribution is -2.47. The molecule has 0 rings (SSSR count). The number of carboxylic acids is 1. The summed E-state index contributed by atoms with van der Waals surface area (Å²) in [4.78, 5) is 31.6.